The van der Waals surface area contributed by atoms with E-state index in [0.717, 1.165) is 22.0 Å². The molecule has 0 spiro atoms. The Bertz CT molecular complexity index is 1600. The molecule has 2 aromatic carbocycles. The molecule has 0 aliphatic carbocycles. The van der Waals surface area contributed by atoms with Crippen molar-refractivity contribution in [1.29, 1.82) is 0 Å². The van der Waals surface area contributed by atoms with Gasteiger partial charge in [-0.2, -0.15) is 0 Å². The van der Waals surface area contributed by atoms with Gasteiger partial charge in [-0.25, -0.2) is 13.8 Å². The summed E-state index contributed by atoms with van der Waals surface area (Å²) in [6.45, 7) is 0.858. The topological polar surface area (TPSA) is 109 Å². The lowest BCUT2D eigenvalue weighted by atomic mass is 10.1. The normalized spacial score (nSPS) is 12.2. The van der Waals surface area contributed by atoms with Gasteiger partial charge in [-0.1, -0.05) is 12.1 Å². The summed E-state index contributed by atoms with van der Waals surface area (Å²) in [4.78, 5) is 51.3. The van der Waals surface area contributed by atoms with E-state index >= 15 is 0 Å². The molecule has 4 aromatic rings. The van der Waals surface area contributed by atoms with E-state index in [2.05, 4.69) is 5.32 Å². The molecule has 172 valence electrons. The molecular weight excluding hydrogens is 465 g/mol. The van der Waals surface area contributed by atoms with E-state index in [1.807, 2.05) is 0 Å². The summed E-state index contributed by atoms with van der Waals surface area (Å²) in [6.07, 6.45) is 0. The summed E-state index contributed by atoms with van der Waals surface area (Å²) >= 11 is 1.08. The Balaban J connectivity index is 1.57. The van der Waals surface area contributed by atoms with Crippen LogP contribution in [0.1, 0.15) is 17.3 Å². The van der Waals surface area contributed by atoms with Crippen LogP contribution in [0.2, 0.25) is 0 Å². The van der Waals surface area contributed by atoms with Gasteiger partial charge in [-0.15, -0.1) is 11.3 Å². The molecule has 0 radical (unpaired) electrons. The van der Waals surface area contributed by atoms with Crippen LogP contribution >= 0.6 is 11.3 Å². The number of hydrogen-bond donors (Lipinski definition) is 1. The highest BCUT2D eigenvalue weighted by Gasteiger charge is 2.22. The number of fused-ring (bicyclic) bond motifs is 2. The predicted molar refractivity (Wildman–Crippen MR) is 123 cm³/mol. The van der Waals surface area contributed by atoms with Crippen molar-refractivity contribution in [1.82, 2.24) is 9.13 Å². The molecular formula is C23H16FN3O6S. The Morgan fingerprint density at radius 2 is 1.85 bits per heavy atom. The van der Waals surface area contributed by atoms with Crippen molar-refractivity contribution in [3.8, 4) is 17.2 Å². The van der Waals surface area contributed by atoms with Crippen molar-refractivity contribution in [2.24, 2.45) is 0 Å². The third-order valence-corrected chi connectivity index (χ3v) is 6.21. The molecule has 1 aliphatic rings. The third-order valence-electron chi connectivity index (χ3n) is 5.32. The molecule has 0 bridgehead atoms. The molecule has 11 heteroatoms. The fraction of sp³-hybridized carbons (Fsp3) is 0.130. The van der Waals surface area contributed by atoms with Crippen LogP contribution in [0.4, 0.5) is 10.1 Å². The quantitative estimate of drug-likeness (QED) is 0.439. The Morgan fingerprint density at radius 1 is 1.12 bits per heavy atom. The van der Waals surface area contributed by atoms with Crippen LogP contribution in [-0.2, 0) is 11.3 Å². The lowest BCUT2D eigenvalue weighted by molar-refractivity contribution is -0.116. The standard InChI is InChI=1S/C23H16FN3O6S/c1-12(28)13-8-18-19(33-11-32-18)9-15(13)25-20(29)10-26-17-6-7-34-21(17)22(30)27(23(26)31)16-5-3-2-4-14(16)24/h2-9H,10-11H2,1H3,(H,25,29). The molecule has 0 unspecified atom stereocenters. The van der Waals surface area contributed by atoms with E-state index in [0.29, 0.717) is 16.1 Å². The van der Waals surface area contributed by atoms with Gasteiger partial charge < -0.3 is 14.8 Å². The SMILES string of the molecule is CC(=O)c1cc2c(cc1NC(=O)Cn1c(=O)n(-c3ccccc3F)c(=O)c3sccc31)OCO2. The maximum atomic E-state index is 14.4. The molecule has 1 N–H and O–H groups in total. The summed E-state index contributed by atoms with van der Waals surface area (Å²) in [7, 11) is 0. The zero-order valence-electron chi connectivity index (χ0n) is 17.7. The highest BCUT2D eigenvalue weighted by molar-refractivity contribution is 7.17. The van der Waals surface area contributed by atoms with Crippen LogP contribution in [0.15, 0.2) is 57.4 Å². The fourth-order valence-electron chi connectivity index (χ4n) is 3.76. The molecule has 1 amide bonds. The van der Waals surface area contributed by atoms with Crippen LogP contribution < -0.4 is 26.0 Å². The Hall–Kier alpha value is -4.25. The van der Waals surface area contributed by atoms with Crippen molar-refractivity contribution in [3.05, 3.63) is 80.1 Å². The van der Waals surface area contributed by atoms with Gasteiger partial charge in [0.1, 0.15) is 17.1 Å². The number of halogens is 1. The number of amides is 1. The first-order valence-corrected chi connectivity index (χ1v) is 11.0. The first kappa shape index (κ1) is 21.6. The molecule has 0 fully saturated rings. The number of benzene rings is 2. The number of carbonyl (C=O) groups excluding carboxylic acids is 2. The predicted octanol–water partition coefficient (Wildman–Crippen LogP) is 2.92. The van der Waals surface area contributed by atoms with E-state index in [1.54, 1.807) is 11.4 Å². The van der Waals surface area contributed by atoms with Gasteiger partial charge in [0.05, 0.1) is 16.9 Å². The minimum absolute atomic E-state index is 0.00675. The summed E-state index contributed by atoms with van der Waals surface area (Å²) in [5, 5.41) is 4.23. The molecule has 0 atom stereocenters. The number of Topliss-reactive ketones (excluding diaryl/α,β-unsaturated/α-hetero) is 1. The molecule has 9 nitrogen and oxygen atoms in total. The largest absolute Gasteiger partial charge is 0.454 e. The van der Waals surface area contributed by atoms with Crippen LogP contribution in [-0.4, -0.2) is 27.6 Å². The highest BCUT2D eigenvalue weighted by atomic mass is 32.1. The van der Waals surface area contributed by atoms with Crippen LogP contribution in [0.5, 0.6) is 11.5 Å². The molecule has 2 aromatic heterocycles. The van der Waals surface area contributed by atoms with Gasteiger partial charge in [0.25, 0.3) is 5.56 Å². The zero-order chi connectivity index (χ0) is 24.0. The molecule has 0 saturated carbocycles. The Labute approximate surface area is 194 Å². The average Bonchev–Trinajstić information content (AvgIpc) is 3.47. The third kappa shape index (κ3) is 3.55. The van der Waals surface area contributed by atoms with Crippen LogP contribution in [0.3, 0.4) is 0 Å². The van der Waals surface area contributed by atoms with E-state index in [-0.39, 0.29) is 39.7 Å². The van der Waals surface area contributed by atoms with Crippen molar-refractivity contribution >= 4 is 38.9 Å². The highest BCUT2D eigenvalue weighted by Crippen LogP contribution is 2.37. The summed E-state index contributed by atoms with van der Waals surface area (Å²) in [5.41, 5.74) is -1.10. The van der Waals surface area contributed by atoms with E-state index in [1.165, 1.54) is 37.3 Å². The van der Waals surface area contributed by atoms with Crippen molar-refractivity contribution in [2.45, 2.75) is 13.5 Å². The number of thiophene rings is 1. The first-order valence-electron chi connectivity index (χ1n) is 10.1. The van der Waals surface area contributed by atoms with E-state index < -0.39 is 29.5 Å². The second-order valence-corrected chi connectivity index (χ2v) is 8.37. The van der Waals surface area contributed by atoms with Crippen LogP contribution in [0, 0.1) is 5.82 Å². The van der Waals surface area contributed by atoms with Crippen molar-refractivity contribution in [3.63, 3.8) is 0 Å². The van der Waals surface area contributed by atoms with Gasteiger partial charge in [0.2, 0.25) is 12.7 Å². The first-order chi connectivity index (χ1) is 16.3. The number of para-hydroxylation sites is 1. The minimum Gasteiger partial charge on any atom is -0.454 e. The lowest BCUT2D eigenvalue weighted by Gasteiger charge is -2.14. The summed E-state index contributed by atoms with van der Waals surface area (Å²) in [6, 6.07) is 9.89. The second-order valence-electron chi connectivity index (χ2n) is 7.45. The maximum Gasteiger partial charge on any atom is 0.336 e. The van der Waals surface area contributed by atoms with E-state index in [4.69, 9.17) is 9.47 Å². The molecule has 5 rings (SSSR count). The number of hydrogen-bond acceptors (Lipinski definition) is 7. The smallest absolute Gasteiger partial charge is 0.336 e. The minimum atomic E-state index is -0.867. The Morgan fingerprint density at radius 3 is 2.59 bits per heavy atom. The number of ether oxygens (including phenoxy) is 2. The number of carbonyl (C=O) groups is 2. The molecule has 34 heavy (non-hydrogen) atoms. The molecule has 1 aliphatic heterocycles. The lowest BCUT2D eigenvalue weighted by Crippen LogP contribution is -2.40. The second kappa shape index (κ2) is 8.27. The number of anilines is 1. The summed E-state index contributed by atoms with van der Waals surface area (Å²) < 4.78 is 27.0. The van der Waals surface area contributed by atoms with Crippen molar-refractivity contribution in [2.75, 3.05) is 12.1 Å². The Kier molecular flexibility index (Phi) is 5.25. The fourth-order valence-corrected chi connectivity index (χ4v) is 4.58. The number of nitrogens with zero attached hydrogens (tertiary/aromatic N) is 2. The van der Waals surface area contributed by atoms with Gasteiger partial charge in [0, 0.05) is 11.6 Å². The van der Waals surface area contributed by atoms with Crippen molar-refractivity contribution < 1.29 is 23.5 Å². The average molecular weight is 481 g/mol. The number of rotatable bonds is 5. The molecule has 0 saturated heterocycles. The van der Waals surface area contributed by atoms with Gasteiger partial charge in [0.15, 0.2) is 17.3 Å². The van der Waals surface area contributed by atoms with Gasteiger partial charge >= 0.3 is 5.69 Å². The van der Waals surface area contributed by atoms with E-state index in [9.17, 15) is 23.6 Å². The van der Waals surface area contributed by atoms with Gasteiger partial charge in [-0.05, 0) is 36.6 Å². The molecule has 3 heterocycles. The number of ketones is 1. The summed E-state index contributed by atoms with van der Waals surface area (Å²) in [5.74, 6) is -0.934. The monoisotopic (exact) mass is 481 g/mol. The number of aromatic nitrogens is 2. The zero-order valence-corrected chi connectivity index (χ0v) is 18.5. The number of nitrogens with one attached hydrogen (secondary N) is 1. The van der Waals surface area contributed by atoms with Gasteiger partial charge in [-0.3, -0.25) is 19.0 Å². The van der Waals surface area contributed by atoms with Crippen LogP contribution in [0.25, 0.3) is 15.9 Å². The maximum absolute atomic E-state index is 14.4.